The highest BCUT2D eigenvalue weighted by Gasteiger charge is 2.06. The molecule has 2 aromatic rings. The number of ether oxygens (including phenoxy) is 2. The molecule has 4 nitrogen and oxygen atoms in total. The molecule has 1 N–H and O–H groups in total. The highest BCUT2D eigenvalue weighted by molar-refractivity contribution is 9.10. The Morgan fingerprint density at radius 1 is 1.11 bits per heavy atom. The fraction of sp³-hybridized carbons (Fsp3) is 0.214. The molecule has 2 rings (SSSR count). The van der Waals surface area contributed by atoms with E-state index in [1.54, 1.807) is 20.4 Å². The lowest BCUT2D eigenvalue weighted by Crippen LogP contribution is -1.97. The van der Waals surface area contributed by atoms with Crippen molar-refractivity contribution in [1.29, 1.82) is 0 Å². The van der Waals surface area contributed by atoms with E-state index in [2.05, 4.69) is 26.2 Å². The molecule has 0 fully saturated rings. The summed E-state index contributed by atoms with van der Waals surface area (Å²) in [6.45, 7) is 2.00. The smallest absolute Gasteiger partial charge is 0.162 e. The van der Waals surface area contributed by atoms with Gasteiger partial charge < -0.3 is 14.8 Å². The van der Waals surface area contributed by atoms with E-state index in [9.17, 15) is 0 Å². The number of nitrogens with one attached hydrogen (secondary N) is 1. The van der Waals surface area contributed by atoms with Crippen molar-refractivity contribution in [2.45, 2.75) is 6.92 Å². The molecule has 5 heteroatoms. The average molecular weight is 323 g/mol. The molecule has 1 aromatic carbocycles. The maximum atomic E-state index is 5.27. The first-order valence-electron chi connectivity index (χ1n) is 5.75. The monoisotopic (exact) mass is 322 g/mol. The number of methoxy groups -OCH3 is 2. The number of aryl methyl sites for hydroxylation is 1. The second-order valence-electron chi connectivity index (χ2n) is 4.01. The maximum absolute atomic E-state index is 5.27. The van der Waals surface area contributed by atoms with Gasteiger partial charge in [-0.25, -0.2) is 4.98 Å². The van der Waals surface area contributed by atoms with E-state index in [1.165, 1.54) is 0 Å². The van der Waals surface area contributed by atoms with Crippen molar-refractivity contribution in [3.05, 3.63) is 40.5 Å². The van der Waals surface area contributed by atoms with Crippen LogP contribution in [0.5, 0.6) is 11.5 Å². The van der Waals surface area contributed by atoms with Crippen LogP contribution in [0.4, 0.5) is 11.5 Å². The van der Waals surface area contributed by atoms with Crippen molar-refractivity contribution in [1.82, 2.24) is 4.98 Å². The van der Waals surface area contributed by atoms with Crippen molar-refractivity contribution in [3.63, 3.8) is 0 Å². The van der Waals surface area contributed by atoms with Gasteiger partial charge in [-0.1, -0.05) is 0 Å². The molecule has 1 heterocycles. The standard InChI is InChI=1S/C14H15BrN2O2/c1-9-6-10(15)8-16-14(9)17-11-4-5-12(18-2)13(7-11)19-3/h4-8H,1-3H3,(H,16,17). The SMILES string of the molecule is COc1ccc(Nc2ncc(Br)cc2C)cc1OC. The van der Waals surface area contributed by atoms with Crippen molar-refractivity contribution >= 4 is 27.4 Å². The van der Waals surface area contributed by atoms with E-state index in [0.717, 1.165) is 21.5 Å². The van der Waals surface area contributed by atoms with Gasteiger partial charge in [-0.2, -0.15) is 0 Å². The van der Waals surface area contributed by atoms with Gasteiger partial charge in [0.1, 0.15) is 5.82 Å². The molecule has 0 saturated carbocycles. The molecular formula is C14H15BrN2O2. The van der Waals surface area contributed by atoms with Crippen molar-refractivity contribution in [2.24, 2.45) is 0 Å². The molecule has 0 aliphatic heterocycles. The van der Waals surface area contributed by atoms with Crippen LogP contribution in [0.3, 0.4) is 0 Å². The third-order valence-corrected chi connectivity index (χ3v) is 3.12. The number of pyridine rings is 1. The van der Waals surface area contributed by atoms with Crippen LogP contribution in [0.25, 0.3) is 0 Å². The Hall–Kier alpha value is -1.75. The van der Waals surface area contributed by atoms with Crippen molar-refractivity contribution in [2.75, 3.05) is 19.5 Å². The number of anilines is 2. The molecule has 0 atom stereocenters. The molecule has 100 valence electrons. The van der Waals surface area contributed by atoms with E-state index >= 15 is 0 Å². The van der Waals surface area contributed by atoms with Gasteiger partial charge >= 0.3 is 0 Å². The van der Waals surface area contributed by atoms with Crippen LogP contribution in [0, 0.1) is 6.92 Å². The summed E-state index contributed by atoms with van der Waals surface area (Å²) in [5, 5.41) is 3.26. The molecule has 1 aromatic heterocycles. The van der Waals surface area contributed by atoms with Gasteiger partial charge in [0.25, 0.3) is 0 Å². The summed E-state index contributed by atoms with van der Waals surface area (Å²) in [7, 11) is 3.23. The van der Waals surface area contributed by atoms with Crippen LogP contribution < -0.4 is 14.8 Å². The molecular weight excluding hydrogens is 308 g/mol. The zero-order chi connectivity index (χ0) is 13.8. The molecule has 0 radical (unpaired) electrons. The van der Waals surface area contributed by atoms with Gasteiger partial charge in [-0.15, -0.1) is 0 Å². The minimum absolute atomic E-state index is 0.683. The summed E-state index contributed by atoms with van der Waals surface area (Å²) in [5.41, 5.74) is 1.96. The van der Waals surface area contributed by atoms with E-state index in [0.29, 0.717) is 11.5 Å². The largest absolute Gasteiger partial charge is 0.493 e. The molecule has 0 bridgehead atoms. The Labute approximate surface area is 120 Å². The van der Waals surface area contributed by atoms with Crippen molar-refractivity contribution in [3.8, 4) is 11.5 Å². The third-order valence-electron chi connectivity index (χ3n) is 2.69. The Kier molecular flexibility index (Phi) is 4.27. The quantitative estimate of drug-likeness (QED) is 0.926. The lowest BCUT2D eigenvalue weighted by molar-refractivity contribution is 0.355. The fourth-order valence-electron chi connectivity index (χ4n) is 1.72. The predicted octanol–water partition coefficient (Wildman–Crippen LogP) is 3.91. The number of rotatable bonds is 4. The van der Waals surface area contributed by atoms with Gasteiger partial charge in [-0.05, 0) is 46.6 Å². The van der Waals surface area contributed by atoms with Gasteiger partial charge in [-0.3, -0.25) is 0 Å². The normalized spacial score (nSPS) is 10.1. The second-order valence-corrected chi connectivity index (χ2v) is 4.93. The average Bonchev–Trinajstić information content (AvgIpc) is 2.41. The third kappa shape index (κ3) is 3.17. The highest BCUT2D eigenvalue weighted by atomic mass is 79.9. The molecule has 0 aliphatic rings. The lowest BCUT2D eigenvalue weighted by Gasteiger charge is -2.12. The second kappa shape index (κ2) is 5.93. The van der Waals surface area contributed by atoms with Crippen LogP contribution in [0.1, 0.15) is 5.56 Å². The lowest BCUT2D eigenvalue weighted by atomic mass is 10.2. The van der Waals surface area contributed by atoms with E-state index in [1.807, 2.05) is 31.2 Å². The first kappa shape index (κ1) is 13.7. The van der Waals surface area contributed by atoms with Crippen LogP contribution in [-0.4, -0.2) is 19.2 Å². The molecule has 0 aliphatic carbocycles. The molecule has 0 amide bonds. The number of benzene rings is 1. The highest BCUT2D eigenvalue weighted by Crippen LogP contribution is 2.31. The summed E-state index contributed by atoms with van der Waals surface area (Å²) >= 11 is 3.40. The predicted molar refractivity (Wildman–Crippen MR) is 79.5 cm³/mol. The van der Waals surface area contributed by atoms with Crippen LogP contribution in [-0.2, 0) is 0 Å². The summed E-state index contributed by atoms with van der Waals surface area (Å²) in [6, 6.07) is 7.66. The minimum atomic E-state index is 0.683. The van der Waals surface area contributed by atoms with Crippen LogP contribution >= 0.6 is 15.9 Å². The van der Waals surface area contributed by atoms with Crippen LogP contribution in [0.2, 0.25) is 0 Å². The van der Waals surface area contributed by atoms with E-state index in [-0.39, 0.29) is 0 Å². The van der Waals surface area contributed by atoms with Crippen LogP contribution in [0.15, 0.2) is 34.9 Å². The molecule has 0 unspecified atom stereocenters. The molecule has 19 heavy (non-hydrogen) atoms. The number of halogens is 1. The topological polar surface area (TPSA) is 43.4 Å². The number of nitrogens with zero attached hydrogens (tertiary/aromatic N) is 1. The first-order valence-corrected chi connectivity index (χ1v) is 6.54. The van der Waals surface area contributed by atoms with Gasteiger partial charge in [0.2, 0.25) is 0 Å². The first-order chi connectivity index (χ1) is 9.13. The zero-order valence-electron chi connectivity index (χ0n) is 11.0. The molecule has 0 saturated heterocycles. The Morgan fingerprint density at radius 2 is 1.84 bits per heavy atom. The van der Waals surface area contributed by atoms with Gasteiger partial charge in [0.05, 0.1) is 14.2 Å². The number of hydrogen-bond donors (Lipinski definition) is 1. The zero-order valence-corrected chi connectivity index (χ0v) is 12.6. The minimum Gasteiger partial charge on any atom is -0.493 e. The van der Waals surface area contributed by atoms with Crippen molar-refractivity contribution < 1.29 is 9.47 Å². The number of aromatic nitrogens is 1. The van der Waals surface area contributed by atoms with Gasteiger partial charge in [0.15, 0.2) is 11.5 Å². The fourth-order valence-corrected chi connectivity index (χ4v) is 2.17. The summed E-state index contributed by atoms with van der Waals surface area (Å²) in [4.78, 5) is 4.34. The Bertz CT molecular complexity index is 588. The summed E-state index contributed by atoms with van der Waals surface area (Å²) in [6.07, 6.45) is 1.76. The van der Waals surface area contributed by atoms with Gasteiger partial charge in [0, 0.05) is 22.4 Å². The Morgan fingerprint density at radius 3 is 2.47 bits per heavy atom. The number of hydrogen-bond acceptors (Lipinski definition) is 4. The maximum Gasteiger partial charge on any atom is 0.162 e. The summed E-state index contributed by atoms with van der Waals surface area (Å²) in [5.74, 6) is 2.20. The van der Waals surface area contributed by atoms with E-state index < -0.39 is 0 Å². The van der Waals surface area contributed by atoms with E-state index in [4.69, 9.17) is 9.47 Å². The Balaban J connectivity index is 2.28. The molecule has 0 spiro atoms. The summed E-state index contributed by atoms with van der Waals surface area (Å²) < 4.78 is 11.4.